The summed E-state index contributed by atoms with van der Waals surface area (Å²) in [7, 11) is 0. The number of oxime groups is 1. The fourth-order valence-corrected chi connectivity index (χ4v) is 2.05. The number of nitrogens with zero attached hydrogens (tertiary/aromatic N) is 2. The average Bonchev–Trinajstić information content (AvgIpc) is 2.42. The number of rotatable bonds is 5. The molecule has 0 saturated carbocycles. The molecule has 1 amide bonds. The third kappa shape index (κ3) is 3.87. The SMILES string of the molecule is CCCOC1CCCN(C(=O)C(C)C(N)=NO)C1. The number of amides is 1. The van der Waals surface area contributed by atoms with E-state index < -0.39 is 5.92 Å². The number of amidine groups is 1. The second-order valence-corrected chi connectivity index (χ2v) is 4.67. The van der Waals surface area contributed by atoms with E-state index in [1.165, 1.54) is 0 Å². The molecular formula is C12H23N3O3. The van der Waals surface area contributed by atoms with Gasteiger partial charge in [0, 0.05) is 19.7 Å². The molecule has 6 nitrogen and oxygen atoms in total. The van der Waals surface area contributed by atoms with Crippen LogP contribution in [0.5, 0.6) is 0 Å². The molecule has 1 fully saturated rings. The molecule has 1 aliphatic rings. The summed E-state index contributed by atoms with van der Waals surface area (Å²) in [6, 6.07) is 0. The summed E-state index contributed by atoms with van der Waals surface area (Å²) < 4.78 is 5.67. The number of piperidine rings is 1. The monoisotopic (exact) mass is 257 g/mol. The van der Waals surface area contributed by atoms with Gasteiger partial charge in [0.1, 0.15) is 0 Å². The molecule has 0 radical (unpaired) electrons. The van der Waals surface area contributed by atoms with Gasteiger partial charge in [0.25, 0.3) is 0 Å². The molecule has 6 heteroatoms. The summed E-state index contributed by atoms with van der Waals surface area (Å²) >= 11 is 0. The molecule has 0 aromatic rings. The van der Waals surface area contributed by atoms with E-state index in [9.17, 15) is 4.79 Å². The molecule has 2 atom stereocenters. The van der Waals surface area contributed by atoms with Crippen LogP contribution in [0.4, 0.5) is 0 Å². The van der Waals surface area contributed by atoms with Crippen LogP contribution >= 0.6 is 0 Å². The van der Waals surface area contributed by atoms with E-state index in [1.807, 2.05) is 0 Å². The predicted molar refractivity (Wildman–Crippen MR) is 68.4 cm³/mol. The van der Waals surface area contributed by atoms with E-state index in [0.717, 1.165) is 25.9 Å². The molecule has 0 bridgehead atoms. The lowest BCUT2D eigenvalue weighted by atomic mass is 10.0. The summed E-state index contributed by atoms with van der Waals surface area (Å²) in [6.45, 7) is 5.75. The maximum absolute atomic E-state index is 12.1. The van der Waals surface area contributed by atoms with E-state index in [0.29, 0.717) is 13.1 Å². The highest BCUT2D eigenvalue weighted by Crippen LogP contribution is 2.16. The number of carbonyl (C=O) groups is 1. The third-order valence-corrected chi connectivity index (χ3v) is 3.18. The van der Waals surface area contributed by atoms with Gasteiger partial charge in [0.05, 0.1) is 12.0 Å². The Morgan fingerprint density at radius 2 is 2.39 bits per heavy atom. The van der Waals surface area contributed by atoms with Crippen molar-refractivity contribution in [1.29, 1.82) is 0 Å². The van der Waals surface area contributed by atoms with Crippen LogP contribution in [-0.2, 0) is 9.53 Å². The van der Waals surface area contributed by atoms with Gasteiger partial charge in [-0.25, -0.2) is 0 Å². The highest BCUT2D eigenvalue weighted by atomic mass is 16.5. The van der Waals surface area contributed by atoms with Crippen LogP contribution in [0.3, 0.4) is 0 Å². The van der Waals surface area contributed by atoms with Crippen molar-refractivity contribution in [3.8, 4) is 0 Å². The van der Waals surface area contributed by atoms with Crippen LogP contribution in [0.25, 0.3) is 0 Å². The minimum atomic E-state index is -0.583. The smallest absolute Gasteiger partial charge is 0.233 e. The molecule has 18 heavy (non-hydrogen) atoms. The number of carbonyl (C=O) groups excluding carboxylic acids is 1. The summed E-state index contributed by atoms with van der Waals surface area (Å²) in [5.41, 5.74) is 5.46. The average molecular weight is 257 g/mol. The van der Waals surface area contributed by atoms with E-state index in [1.54, 1.807) is 11.8 Å². The van der Waals surface area contributed by atoms with Crippen LogP contribution in [-0.4, -0.2) is 47.7 Å². The lowest BCUT2D eigenvalue weighted by molar-refractivity contribution is -0.137. The molecule has 3 N–H and O–H groups in total. The fourth-order valence-electron chi connectivity index (χ4n) is 2.05. The quantitative estimate of drug-likeness (QED) is 0.330. The van der Waals surface area contributed by atoms with Crippen molar-refractivity contribution in [3.05, 3.63) is 0 Å². The summed E-state index contributed by atoms with van der Waals surface area (Å²) in [4.78, 5) is 13.9. The topological polar surface area (TPSA) is 88.2 Å². The van der Waals surface area contributed by atoms with Crippen molar-refractivity contribution in [2.24, 2.45) is 16.8 Å². The molecule has 1 rings (SSSR count). The number of likely N-dealkylation sites (tertiary alicyclic amines) is 1. The minimum Gasteiger partial charge on any atom is -0.409 e. The molecule has 0 aromatic heterocycles. The summed E-state index contributed by atoms with van der Waals surface area (Å²) in [5, 5.41) is 11.5. The lowest BCUT2D eigenvalue weighted by Crippen LogP contribution is -2.47. The first-order valence-electron chi connectivity index (χ1n) is 6.48. The molecular weight excluding hydrogens is 234 g/mol. The van der Waals surface area contributed by atoms with Gasteiger partial charge in [0.2, 0.25) is 5.91 Å². The Morgan fingerprint density at radius 1 is 1.67 bits per heavy atom. The van der Waals surface area contributed by atoms with E-state index in [-0.39, 0.29) is 17.8 Å². The van der Waals surface area contributed by atoms with Crippen molar-refractivity contribution in [2.45, 2.75) is 39.2 Å². The standard InChI is InChI=1S/C12H23N3O3/c1-3-7-18-10-5-4-6-15(8-10)12(16)9(2)11(13)14-17/h9-10,17H,3-8H2,1-2H3,(H2,13,14). The van der Waals surface area contributed by atoms with Gasteiger partial charge in [-0.05, 0) is 26.2 Å². The van der Waals surface area contributed by atoms with Gasteiger partial charge in [-0.3, -0.25) is 4.79 Å². The molecule has 104 valence electrons. The second kappa shape index (κ2) is 7.20. The highest BCUT2D eigenvalue weighted by molar-refractivity contribution is 6.01. The molecule has 2 unspecified atom stereocenters. The van der Waals surface area contributed by atoms with Crippen molar-refractivity contribution >= 4 is 11.7 Å². The van der Waals surface area contributed by atoms with Crippen molar-refractivity contribution in [3.63, 3.8) is 0 Å². The molecule has 0 aliphatic carbocycles. The Labute approximate surface area is 108 Å². The predicted octanol–water partition coefficient (Wildman–Crippen LogP) is 0.786. The normalized spacial score (nSPS) is 22.9. The number of ether oxygens (including phenoxy) is 1. The maximum atomic E-state index is 12.1. The third-order valence-electron chi connectivity index (χ3n) is 3.18. The highest BCUT2D eigenvalue weighted by Gasteiger charge is 2.28. The van der Waals surface area contributed by atoms with E-state index in [4.69, 9.17) is 15.7 Å². The van der Waals surface area contributed by atoms with Crippen LogP contribution in [0.1, 0.15) is 33.1 Å². The zero-order chi connectivity index (χ0) is 13.5. The molecule has 0 spiro atoms. The van der Waals surface area contributed by atoms with Gasteiger partial charge in [-0.15, -0.1) is 0 Å². The first-order valence-corrected chi connectivity index (χ1v) is 6.48. The van der Waals surface area contributed by atoms with E-state index >= 15 is 0 Å². The number of hydrogen-bond donors (Lipinski definition) is 2. The largest absolute Gasteiger partial charge is 0.409 e. The minimum absolute atomic E-state index is 0.0448. The van der Waals surface area contributed by atoms with Crippen molar-refractivity contribution < 1.29 is 14.7 Å². The summed E-state index contributed by atoms with van der Waals surface area (Å²) in [5.74, 6) is -0.730. The van der Waals surface area contributed by atoms with Crippen molar-refractivity contribution in [1.82, 2.24) is 4.90 Å². The Morgan fingerprint density at radius 3 is 3.00 bits per heavy atom. The maximum Gasteiger partial charge on any atom is 0.233 e. The van der Waals surface area contributed by atoms with Gasteiger partial charge < -0.3 is 20.6 Å². The Bertz CT molecular complexity index is 307. The molecule has 1 saturated heterocycles. The number of hydrogen-bond acceptors (Lipinski definition) is 4. The van der Waals surface area contributed by atoms with Gasteiger partial charge in [-0.1, -0.05) is 12.1 Å². The summed E-state index contributed by atoms with van der Waals surface area (Å²) in [6.07, 6.45) is 3.01. The van der Waals surface area contributed by atoms with Gasteiger partial charge in [0.15, 0.2) is 5.84 Å². The Hall–Kier alpha value is -1.30. The van der Waals surface area contributed by atoms with Crippen LogP contribution < -0.4 is 5.73 Å². The van der Waals surface area contributed by atoms with Gasteiger partial charge >= 0.3 is 0 Å². The first-order chi connectivity index (χ1) is 8.60. The van der Waals surface area contributed by atoms with Crippen LogP contribution in [0.2, 0.25) is 0 Å². The first kappa shape index (κ1) is 14.8. The van der Waals surface area contributed by atoms with Gasteiger partial charge in [-0.2, -0.15) is 0 Å². The molecule has 1 heterocycles. The zero-order valence-electron chi connectivity index (χ0n) is 11.1. The van der Waals surface area contributed by atoms with E-state index in [2.05, 4.69) is 12.1 Å². The second-order valence-electron chi connectivity index (χ2n) is 4.67. The van der Waals surface area contributed by atoms with Crippen LogP contribution in [0.15, 0.2) is 5.16 Å². The fraction of sp³-hybridized carbons (Fsp3) is 0.833. The molecule has 1 aliphatic heterocycles. The number of nitrogens with two attached hydrogens (primary N) is 1. The van der Waals surface area contributed by atoms with Crippen molar-refractivity contribution in [2.75, 3.05) is 19.7 Å². The van der Waals surface area contributed by atoms with Crippen LogP contribution in [0, 0.1) is 5.92 Å². The zero-order valence-corrected chi connectivity index (χ0v) is 11.1. The molecule has 0 aromatic carbocycles. The Kier molecular flexibility index (Phi) is 5.91. The lowest BCUT2D eigenvalue weighted by Gasteiger charge is -2.34. The Balaban J connectivity index is 2.52.